The van der Waals surface area contributed by atoms with E-state index in [0.29, 0.717) is 10.8 Å². The van der Waals surface area contributed by atoms with Gasteiger partial charge in [0.25, 0.3) is 0 Å². The van der Waals surface area contributed by atoms with Gasteiger partial charge in [0, 0.05) is 49.4 Å². The van der Waals surface area contributed by atoms with Gasteiger partial charge in [0.15, 0.2) is 0 Å². The highest BCUT2D eigenvalue weighted by atomic mass is 35.5. The zero-order valence-corrected chi connectivity index (χ0v) is 18.9. The van der Waals surface area contributed by atoms with Crippen LogP contribution in [0.5, 0.6) is 0 Å². The predicted molar refractivity (Wildman–Crippen MR) is 130 cm³/mol. The van der Waals surface area contributed by atoms with E-state index in [1.807, 2.05) is 25.2 Å². The molecule has 3 rings (SSSR count). The zero-order valence-electron chi connectivity index (χ0n) is 18.2. The molecule has 1 aliphatic rings. The molecule has 0 saturated carbocycles. The summed E-state index contributed by atoms with van der Waals surface area (Å²) in [7, 11) is 1.85. The summed E-state index contributed by atoms with van der Waals surface area (Å²) in [6, 6.07) is 6.00. The van der Waals surface area contributed by atoms with Crippen LogP contribution in [0.1, 0.15) is 45.1 Å². The van der Waals surface area contributed by atoms with Gasteiger partial charge in [-0.2, -0.15) is 0 Å². The van der Waals surface area contributed by atoms with Gasteiger partial charge in [0.2, 0.25) is 0 Å². The molecule has 1 saturated heterocycles. The molecule has 0 bridgehead atoms. The van der Waals surface area contributed by atoms with Crippen molar-refractivity contribution in [1.29, 1.82) is 5.41 Å². The number of allylic oxidation sites excluding steroid dienone is 1. The lowest BCUT2D eigenvalue weighted by atomic mass is 9.70. The van der Waals surface area contributed by atoms with Crippen LogP contribution in [0.4, 0.5) is 17.2 Å². The minimum Gasteiger partial charge on any atom is -0.388 e. The predicted octanol–water partition coefficient (Wildman–Crippen LogP) is 5.99. The maximum absolute atomic E-state index is 7.75. The number of hydrogen-bond acceptors (Lipinski definition) is 5. The number of nitrogen functional groups attached to an aromatic ring is 1. The Hall–Kier alpha value is -2.53. The fraction of sp³-hybridized carbons (Fsp3) is 0.417. The number of nitrogens with zero attached hydrogens (tertiary/aromatic N) is 2. The Labute approximate surface area is 184 Å². The minimum absolute atomic E-state index is 0.207. The van der Waals surface area contributed by atoms with Crippen LogP contribution in [0.2, 0.25) is 5.02 Å². The Morgan fingerprint density at radius 1 is 1.40 bits per heavy atom. The molecule has 5 nitrogen and oxygen atoms in total. The van der Waals surface area contributed by atoms with Gasteiger partial charge in [-0.25, -0.2) is 4.98 Å². The number of hydrogen-bond donors (Lipinski definition) is 3. The summed E-state index contributed by atoms with van der Waals surface area (Å²) in [5, 5.41) is 11.4. The number of aromatic nitrogens is 1. The van der Waals surface area contributed by atoms with Gasteiger partial charge in [-0.15, -0.1) is 0 Å². The highest BCUT2D eigenvalue weighted by Crippen LogP contribution is 2.46. The van der Waals surface area contributed by atoms with Gasteiger partial charge in [-0.05, 0) is 49.3 Å². The van der Waals surface area contributed by atoms with Gasteiger partial charge in [0.1, 0.15) is 10.8 Å². The number of benzene rings is 1. The van der Waals surface area contributed by atoms with Crippen molar-refractivity contribution in [2.45, 2.75) is 39.5 Å². The maximum Gasteiger partial charge on any atom is 0.144 e. The number of pyridine rings is 1. The fourth-order valence-electron chi connectivity index (χ4n) is 4.62. The Morgan fingerprint density at radius 2 is 2.10 bits per heavy atom. The second-order valence-electron chi connectivity index (χ2n) is 8.21. The van der Waals surface area contributed by atoms with E-state index in [9.17, 15) is 0 Å². The highest BCUT2D eigenvalue weighted by Gasteiger charge is 2.35. The average Bonchev–Trinajstić information content (AvgIpc) is 2.75. The van der Waals surface area contributed by atoms with E-state index in [1.165, 1.54) is 18.2 Å². The molecule has 30 heavy (non-hydrogen) atoms. The fourth-order valence-corrected chi connectivity index (χ4v) is 4.89. The molecule has 0 spiro atoms. The van der Waals surface area contributed by atoms with Crippen molar-refractivity contribution < 1.29 is 0 Å². The standard InChI is InChI=1S/C24H32ClN5/c1-5-8-24(16(2)3)9-11-30(12-10-24)22-19(15-29-23(27)21(22)25)17-6-7-20(28-4)18(13-17)14-26/h6-7,13-15,26,28H,2,5,8-12H2,1,3-4H3,(H2,27,29). The Morgan fingerprint density at radius 3 is 2.67 bits per heavy atom. The first-order valence-corrected chi connectivity index (χ1v) is 10.9. The third-order valence-electron chi connectivity index (χ3n) is 6.48. The monoisotopic (exact) mass is 425 g/mol. The number of nitrogens with one attached hydrogen (secondary N) is 2. The molecule has 160 valence electrons. The van der Waals surface area contributed by atoms with Crippen LogP contribution in [-0.4, -0.2) is 31.3 Å². The third-order valence-corrected chi connectivity index (χ3v) is 6.85. The summed E-state index contributed by atoms with van der Waals surface area (Å²) in [6.07, 6.45) is 7.59. The molecule has 0 atom stereocenters. The molecule has 0 amide bonds. The van der Waals surface area contributed by atoms with Crippen molar-refractivity contribution in [3.63, 3.8) is 0 Å². The Balaban J connectivity index is 2.02. The average molecular weight is 426 g/mol. The van der Waals surface area contributed by atoms with Crippen molar-refractivity contribution in [1.82, 2.24) is 4.98 Å². The van der Waals surface area contributed by atoms with Crippen molar-refractivity contribution in [3.05, 3.63) is 47.1 Å². The topological polar surface area (TPSA) is 78.0 Å². The van der Waals surface area contributed by atoms with Crippen molar-refractivity contribution in [2.24, 2.45) is 5.41 Å². The molecular formula is C24H32ClN5. The molecule has 4 N–H and O–H groups in total. The summed E-state index contributed by atoms with van der Waals surface area (Å²) >= 11 is 6.70. The van der Waals surface area contributed by atoms with Crippen molar-refractivity contribution in [2.75, 3.05) is 36.1 Å². The molecule has 2 aromatic rings. The Kier molecular flexibility index (Phi) is 6.71. The molecule has 0 aliphatic carbocycles. The lowest BCUT2D eigenvalue weighted by Gasteiger charge is -2.44. The molecule has 2 heterocycles. The van der Waals surface area contributed by atoms with Gasteiger partial charge in [0.05, 0.1) is 5.69 Å². The lowest BCUT2D eigenvalue weighted by molar-refractivity contribution is 0.251. The van der Waals surface area contributed by atoms with E-state index in [2.05, 4.69) is 35.6 Å². The summed E-state index contributed by atoms with van der Waals surface area (Å²) in [4.78, 5) is 6.66. The van der Waals surface area contributed by atoms with Gasteiger partial charge < -0.3 is 21.4 Å². The first-order chi connectivity index (χ1) is 14.4. The zero-order chi connectivity index (χ0) is 21.9. The quantitative estimate of drug-likeness (QED) is 0.376. The van der Waals surface area contributed by atoms with E-state index in [0.717, 1.165) is 60.4 Å². The SMILES string of the molecule is C=C(C)C1(CCC)CCN(c2c(-c3ccc(NC)c(C=N)c3)cnc(N)c2Cl)CC1. The van der Waals surface area contributed by atoms with Crippen LogP contribution in [0.25, 0.3) is 11.1 Å². The van der Waals surface area contributed by atoms with E-state index < -0.39 is 0 Å². The molecular weight excluding hydrogens is 394 g/mol. The maximum atomic E-state index is 7.75. The van der Waals surface area contributed by atoms with Gasteiger partial charge >= 0.3 is 0 Å². The smallest absolute Gasteiger partial charge is 0.144 e. The van der Waals surface area contributed by atoms with Gasteiger partial charge in [-0.1, -0.05) is 43.2 Å². The minimum atomic E-state index is 0.207. The molecule has 6 heteroatoms. The highest BCUT2D eigenvalue weighted by molar-refractivity contribution is 6.36. The summed E-state index contributed by atoms with van der Waals surface area (Å²) in [6.45, 7) is 10.5. The van der Waals surface area contributed by atoms with Crippen LogP contribution in [0.3, 0.4) is 0 Å². The summed E-state index contributed by atoms with van der Waals surface area (Å²) < 4.78 is 0. The van der Waals surface area contributed by atoms with E-state index in [-0.39, 0.29) is 5.41 Å². The van der Waals surface area contributed by atoms with E-state index >= 15 is 0 Å². The summed E-state index contributed by atoms with van der Waals surface area (Å²) in [5.41, 5.74) is 12.2. The second-order valence-corrected chi connectivity index (χ2v) is 8.59. The van der Waals surface area contributed by atoms with E-state index in [4.69, 9.17) is 22.7 Å². The lowest BCUT2D eigenvalue weighted by Crippen LogP contribution is -2.41. The Bertz CT molecular complexity index is 945. The summed E-state index contributed by atoms with van der Waals surface area (Å²) in [5.74, 6) is 0.347. The van der Waals surface area contributed by atoms with Crippen LogP contribution in [0, 0.1) is 10.8 Å². The number of anilines is 3. The molecule has 1 aliphatic heterocycles. The van der Waals surface area contributed by atoms with Crippen LogP contribution < -0.4 is 16.0 Å². The van der Waals surface area contributed by atoms with E-state index in [1.54, 1.807) is 6.20 Å². The van der Waals surface area contributed by atoms with Crippen LogP contribution in [0.15, 0.2) is 36.5 Å². The van der Waals surface area contributed by atoms with Crippen LogP contribution >= 0.6 is 11.6 Å². The largest absolute Gasteiger partial charge is 0.388 e. The first-order valence-electron chi connectivity index (χ1n) is 10.5. The number of halogens is 1. The molecule has 1 aromatic heterocycles. The van der Waals surface area contributed by atoms with Crippen molar-refractivity contribution in [3.8, 4) is 11.1 Å². The molecule has 0 radical (unpaired) electrons. The third kappa shape index (κ3) is 4.04. The molecule has 1 fully saturated rings. The second kappa shape index (κ2) is 9.09. The van der Waals surface area contributed by atoms with Gasteiger partial charge in [-0.3, -0.25) is 0 Å². The number of piperidine rings is 1. The number of rotatable bonds is 7. The number of nitrogens with two attached hydrogens (primary N) is 1. The van der Waals surface area contributed by atoms with Crippen LogP contribution in [-0.2, 0) is 0 Å². The molecule has 0 unspecified atom stereocenters. The first kappa shape index (κ1) is 22.2. The van der Waals surface area contributed by atoms with Crippen molar-refractivity contribution >= 4 is 35.0 Å². The molecule has 1 aromatic carbocycles. The normalized spacial score (nSPS) is 15.7.